The molecule has 1 amide bonds. The lowest BCUT2D eigenvalue weighted by Gasteiger charge is -2.27. The molecule has 1 aliphatic rings. The lowest BCUT2D eigenvalue weighted by Crippen LogP contribution is -2.42. The van der Waals surface area contributed by atoms with Crippen LogP contribution in [0.15, 0.2) is 24.3 Å². The van der Waals surface area contributed by atoms with Crippen molar-refractivity contribution in [3.05, 3.63) is 29.8 Å². The maximum absolute atomic E-state index is 12.4. The molecule has 3 nitrogen and oxygen atoms in total. The van der Waals surface area contributed by atoms with E-state index < -0.39 is 0 Å². The van der Waals surface area contributed by atoms with Gasteiger partial charge in [0.25, 0.3) is 0 Å². The number of anilines is 1. The van der Waals surface area contributed by atoms with E-state index in [0.29, 0.717) is 12.5 Å². The molecule has 0 saturated carbocycles. The van der Waals surface area contributed by atoms with Crippen molar-refractivity contribution < 1.29 is 4.79 Å². The van der Waals surface area contributed by atoms with Crippen LogP contribution in [0.1, 0.15) is 18.9 Å². The Hall–Kier alpha value is -0.710. The fraction of sp³-hybridized carbons (Fsp3) is 0.533. The predicted molar refractivity (Wildman–Crippen MR) is 90.2 cm³/mol. The number of benzene rings is 1. The van der Waals surface area contributed by atoms with Gasteiger partial charge >= 0.3 is 0 Å². The molecule has 112 valence electrons. The zero-order valence-corrected chi connectivity index (χ0v) is 13.7. The van der Waals surface area contributed by atoms with Gasteiger partial charge in [-0.1, -0.05) is 17.7 Å². The quantitative estimate of drug-likeness (QED) is 0.927. The molecule has 0 bridgehead atoms. The van der Waals surface area contributed by atoms with Crippen LogP contribution >= 0.6 is 24.2 Å². The van der Waals surface area contributed by atoms with Crippen molar-refractivity contribution in [2.75, 3.05) is 29.5 Å². The highest BCUT2D eigenvalue weighted by Crippen LogP contribution is 2.18. The first kappa shape index (κ1) is 17.3. The lowest BCUT2D eigenvalue weighted by atomic mass is 10.1. The van der Waals surface area contributed by atoms with Crippen LogP contribution in [0.5, 0.6) is 0 Å². The molecule has 1 atom stereocenters. The summed E-state index contributed by atoms with van der Waals surface area (Å²) in [7, 11) is 0. The van der Waals surface area contributed by atoms with Crippen LogP contribution in [0.2, 0.25) is 0 Å². The number of amides is 1. The number of thioether (sulfide) groups is 1. The summed E-state index contributed by atoms with van der Waals surface area (Å²) in [5.41, 5.74) is 2.22. The second-order valence-electron chi connectivity index (χ2n) is 4.90. The maximum Gasteiger partial charge on any atom is 0.228 e. The summed E-state index contributed by atoms with van der Waals surface area (Å²) < 4.78 is 0. The molecule has 1 saturated heterocycles. The van der Waals surface area contributed by atoms with Gasteiger partial charge in [-0.2, -0.15) is 11.8 Å². The largest absolute Gasteiger partial charge is 0.313 e. The maximum atomic E-state index is 12.4. The Morgan fingerprint density at radius 3 is 2.65 bits per heavy atom. The highest BCUT2D eigenvalue weighted by Gasteiger charge is 2.20. The first-order valence-electron chi connectivity index (χ1n) is 6.89. The molecule has 2 rings (SSSR count). The minimum absolute atomic E-state index is 0. The van der Waals surface area contributed by atoms with E-state index in [0.717, 1.165) is 30.3 Å². The fourth-order valence-corrected chi connectivity index (χ4v) is 3.25. The molecule has 1 unspecified atom stereocenters. The van der Waals surface area contributed by atoms with E-state index in [1.165, 1.54) is 5.56 Å². The number of halogens is 1. The Morgan fingerprint density at radius 1 is 1.40 bits per heavy atom. The Kier molecular flexibility index (Phi) is 7.41. The van der Waals surface area contributed by atoms with Crippen molar-refractivity contribution in [3.63, 3.8) is 0 Å². The molecule has 1 aromatic rings. The van der Waals surface area contributed by atoms with Gasteiger partial charge in [0, 0.05) is 42.7 Å². The summed E-state index contributed by atoms with van der Waals surface area (Å²) >= 11 is 1.93. The Bertz CT molecular complexity index is 418. The number of nitrogens with zero attached hydrogens (tertiary/aromatic N) is 1. The van der Waals surface area contributed by atoms with Crippen molar-refractivity contribution in [1.29, 1.82) is 0 Å². The highest BCUT2D eigenvalue weighted by molar-refractivity contribution is 7.99. The Labute approximate surface area is 131 Å². The molecular weight excluding hydrogens is 292 g/mol. The molecule has 1 aliphatic heterocycles. The minimum Gasteiger partial charge on any atom is -0.313 e. The first-order chi connectivity index (χ1) is 9.20. The van der Waals surface area contributed by atoms with Crippen LogP contribution in [0.3, 0.4) is 0 Å². The van der Waals surface area contributed by atoms with Crippen LogP contribution < -0.4 is 10.2 Å². The van der Waals surface area contributed by atoms with Gasteiger partial charge in [0.1, 0.15) is 0 Å². The molecule has 1 aromatic carbocycles. The standard InChI is InChI=1S/C15H22N2OS.ClH/c1-3-17(14-6-4-12(2)5-7-14)15(18)10-13-11-19-9-8-16-13;/h4-7,13,16H,3,8-11H2,1-2H3;1H. The first-order valence-corrected chi connectivity index (χ1v) is 8.04. The number of hydrogen-bond acceptors (Lipinski definition) is 3. The fourth-order valence-electron chi connectivity index (χ4n) is 2.30. The summed E-state index contributed by atoms with van der Waals surface area (Å²) in [5.74, 6) is 2.41. The number of hydrogen-bond donors (Lipinski definition) is 1. The molecule has 1 N–H and O–H groups in total. The van der Waals surface area contributed by atoms with E-state index in [1.54, 1.807) is 0 Å². The van der Waals surface area contributed by atoms with E-state index >= 15 is 0 Å². The third kappa shape index (κ3) is 4.69. The van der Waals surface area contributed by atoms with E-state index in [1.807, 2.05) is 35.7 Å². The van der Waals surface area contributed by atoms with Gasteiger partial charge in [-0.3, -0.25) is 4.79 Å². The van der Waals surface area contributed by atoms with Gasteiger partial charge in [-0.15, -0.1) is 12.4 Å². The van der Waals surface area contributed by atoms with Crippen LogP contribution in [-0.4, -0.2) is 36.5 Å². The molecule has 1 fully saturated rings. The van der Waals surface area contributed by atoms with Crippen molar-refractivity contribution in [1.82, 2.24) is 5.32 Å². The van der Waals surface area contributed by atoms with E-state index in [-0.39, 0.29) is 18.3 Å². The number of aryl methyl sites for hydroxylation is 1. The van der Waals surface area contributed by atoms with Gasteiger partial charge in [-0.25, -0.2) is 0 Å². The topological polar surface area (TPSA) is 32.3 Å². The summed E-state index contributed by atoms with van der Waals surface area (Å²) in [6.07, 6.45) is 0.592. The molecule has 0 radical (unpaired) electrons. The van der Waals surface area contributed by atoms with Crippen LogP contribution in [0.25, 0.3) is 0 Å². The van der Waals surface area contributed by atoms with Crippen LogP contribution in [0.4, 0.5) is 5.69 Å². The average molecular weight is 315 g/mol. The summed E-state index contributed by atoms with van der Waals surface area (Å²) in [6.45, 7) is 5.83. The minimum atomic E-state index is 0. The highest BCUT2D eigenvalue weighted by atomic mass is 35.5. The van der Waals surface area contributed by atoms with E-state index in [4.69, 9.17) is 0 Å². The third-order valence-corrected chi connectivity index (χ3v) is 4.51. The van der Waals surface area contributed by atoms with Crippen molar-refractivity contribution in [2.45, 2.75) is 26.3 Å². The van der Waals surface area contributed by atoms with Gasteiger partial charge in [0.05, 0.1) is 0 Å². The lowest BCUT2D eigenvalue weighted by molar-refractivity contribution is -0.118. The van der Waals surface area contributed by atoms with Gasteiger partial charge in [0.15, 0.2) is 0 Å². The van der Waals surface area contributed by atoms with Crippen molar-refractivity contribution in [3.8, 4) is 0 Å². The number of nitrogens with one attached hydrogen (secondary N) is 1. The molecule has 5 heteroatoms. The van der Waals surface area contributed by atoms with Crippen LogP contribution in [-0.2, 0) is 4.79 Å². The van der Waals surface area contributed by atoms with Crippen LogP contribution in [0, 0.1) is 6.92 Å². The normalized spacial score (nSPS) is 18.2. The number of carbonyl (C=O) groups is 1. The van der Waals surface area contributed by atoms with E-state index in [9.17, 15) is 4.79 Å². The molecule has 0 aromatic heterocycles. The Morgan fingerprint density at radius 2 is 2.10 bits per heavy atom. The number of rotatable bonds is 4. The molecule has 20 heavy (non-hydrogen) atoms. The summed E-state index contributed by atoms with van der Waals surface area (Å²) in [5, 5.41) is 3.42. The van der Waals surface area contributed by atoms with Gasteiger partial charge in [0.2, 0.25) is 5.91 Å². The second-order valence-corrected chi connectivity index (χ2v) is 6.05. The zero-order chi connectivity index (χ0) is 13.7. The zero-order valence-electron chi connectivity index (χ0n) is 12.1. The molecule has 0 spiro atoms. The average Bonchev–Trinajstić information content (AvgIpc) is 2.43. The monoisotopic (exact) mass is 314 g/mol. The molecular formula is C15H23ClN2OS. The van der Waals surface area contributed by atoms with E-state index in [2.05, 4.69) is 24.4 Å². The third-order valence-electron chi connectivity index (χ3n) is 3.38. The van der Waals surface area contributed by atoms with Gasteiger partial charge < -0.3 is 10.2 Å². The van der Waals surface area contributed by atoms with Crippen molar-refractivity contribution in [2.24, 2.45) is 0 Å². The SMILES string of the molecule is CCN(C(=O)CC1CSCCN1)c1ccc(C)cc1.Cl. The second kappa shape index (κ2) is 8.55. The smallest absolute Gasteiger partial charge is 0.228 e. The molecule has 1 heterocycles. The van der Waals surface area contributed by atoms with Crippen molar-refractivity contribution >= 4 is 35.8 Å². The predicted octanol–water partition coefficient (Wildman–Crippen LogP) is 2.86. The summed E-state index contributed by atoms with van der Waals surface area (Å²) in [6, 6.07) is 8.49. The molecule has 0 aliphatic carbocycles. The van der Waals surface area contributed by atoms with Gasteiger partial charge in [-0.05, 0) is 26.0 Å². The Balaban J connectivity index is 0.00000200. The number of carbonyl (C=O) groups excluding carboxylic acids is 1. The summed E-state index contributed by atoms with van der Waals surface area (Å²) in [4.78, 5) is 14.3.